The molecule has 1 aliphatic carbocycles. The topological polar surface area (TPSA) is 28.7 Å². The minimum absolute atomic E-state index is 0.335. The summed E-state index contributed by atoms with van der Waals surface area (Å²) >= 11 is 0. The van der Waals surface area contributed by atoms with Crippen LogP contribution >= 0.6 is 0 Å². The Morgan fingerprint density at radius 3 is 2.44 bits per heavy atom. The van der Waals surface area contributed by atoms with Crippen molar-refractivity contribution >= 4 is 0 Å². The second-order valence-corrected chi connectivity index (χ2v) is 7.57. The number of aryl methyl sites for hydroxylation is 1. The van der Waals surface area contributed by atoms with Gasteiger partial charge in [0.05, 0.1) is 5.69 Å². The van der Waals surface area contributed by atoms with E-state index in [9.17, 15) is 8.78 Å². The molecule has 0 spiro atoms. The molecule has 1 aromatic heterocycles. The van der Waals surface area contributed by atoms with Gasteiger partial charge in [-0.1, -0.05) is 30.3 Å². The van der Waals surface area contributed by atoms with Gasteiger partial charge in [-0.2, -0.15) is 5.10 Å². The van der Waals surface area contributed by atoms with Crippen molar-refractivity contribution in [1.29, 1.82) is 0 Å². The molecular formula is C23H24F2N2. The molecular weight excluding hydrogens is 342 g/mol. The van der Waals surface area contributed by atoms with Crippen LogP contribution in [-0.4, -0.2) is 10.2 Å². The maximum Gasteiger partial charge on any atom is 0.135 e. The van der Waals surface area contributed by atoms with Gasteiger partial charge in [-0.15, -0.1) is 0 Å². The van der Waals surface area contributed by atoms with Gasteiger partial charge in [-0.05, 0) is 74.1 Å². The summed E-state index contributed by atoms with van der Waals surface area (Å²) in [6.07, 6.45) is 7.05. The Morgan fingerprint density at radius 2 is 1.70 bits per heavy atom. The van der Waals surface area contributed by atoms with Crippen LogP contribution in [0.2, 0.25) is 0 Å². The van der Waals surface area contributed by atoms with E-state index < -0.39 is 11.6 Å². The molecule has 4 heteroatoms. The molecule has 0 atom stereocenters. The monoisotopic (exact) mass is 366 g/mol. The number of nitrogens with one attached hydrogen (secondary N) is 1. The molecule has 0 aliphatic heterocycles. The first-order valence-electron chi connectivity index (χ1n) is 9.73. The first kappa shape index (κ1) is 17.9. The largest absolute Gasteiger partial charge is 0.282 e. The summed E-state index contributed by atoms with van der Waals surface area (Å²) in [4.78, 5) is 0. The van der Waals surface area contributed by atoms with Crippen molar-refractivity contribution in [3.8, 4) is 11.3 Å². The molecule has 1 heterocycles. The second kappa shape index (κ2) is 8.03. The molecule has 0 unspecified atom stereocenters. The van der Waals surface area contributed by atoms with E-state index >= 15 is 0 Å². The lowest BCUT2D eigenvalue weighted by molar-refractivity contribution is 0.310. The summed E-state index contributed by atoms with van der Waals surface area (Å²) in [5, 5.41) is 7.21. The second-order valence-electron chi connectivity index (χ2n) is 7.57. The van der Waals surface area contributed by atoms with Crippen molar-refractivity contribution in [2.75, 3.05) is 0 Å². The number of benzene rings is 2. The van der Waals surface area contributed by atoms with Gasteiger partial charge < -0.3 is 0 Å². The average molecular weight is 366 g/mol. The Hall–Kier alpha value is -2.49. The predicted octanol–water partition coefficient (Wildman–Crippen LogP) is 6.26. The third kappa shape index (κ3) is 4.26. The van der Waals surface area contributed by atoms with Gasteiger partial charge in [0.15, 0.2) is 0 Å². The van der Waals surface area contributed by atoms with E-state index in [4.69, 9.17) is 0 Å². The van der Waals surface area contributed by atoms with Gasteiger partial charge in [0.2, 0.25) is 0 Å². The highest BCUT2D eigenvalue weighted by molar-refractivity contribution is 5.60. The lowest BCUT2D eigenvalue weighted by atomic mass is 9.77. The van der Waals surface area contributed by atoms with Crippen LogP contribution in [0.25, 0.3) is 11.3 Å². The summed E-state index contributed by atoms with van der Waals surface area (Å²) in [7, 11) is 0. The van der Waals surface area contributed by atoms with Crippen LogP contribution in [-0.2, 0) is 6.42 Å². The van der Waals surface area contributed by atoms with Crippen molar-refractivity contribution in [1.82, 2.24) is 10.2 Å². The summed E-state index contributed by atoms with van der Waals surface area (Å²) in [6.45, 7) is 0. The molecule has 1 N–H and O–H groups in total. The van der Waals surface area contributed by atoms with E-state index in [0.29, 0.717) is 17.2 Å². The minimum Gasteiger partial charge on any atom is -0.282 e. The highest BCUT2D eigenvalue weighted by Gasteiger charge is 2.22. The summed E-state index contributed by atoms with van der Waals surface area (Å²) in [5.74, 6) is 0.285. The molecule has 1 saturated carbocycles. The van der Waals surface area contributed by atoms with Crippen molar-refractivity contribution in [2.45, 2.75) is 44.4 Å². The van der Waals surface area contributed by atoms with Gasteiger partial charge >= 0.3 is 0 Å². The number of hydrogen-bond acceptors (Lipinski definition) is 1. The van der Waals surface area contributed by atoms with E-state index in [0.717, 1.165) is 30.5 Å². The summed E-state index contributed by atoms with van der Waals surface area (Å²) < 4.78 is 27.0. The zero-order chi connectivity index (χ0) is 18.6. The number of rotatable bonds is 5. The fourth-order valence-electron chi connectivity index (χ4n) is 4.19. The van der Waals surface area contributed by atoms with Crippen LogP contribution in [0.4, 0.5) is 8.78 Å². The number of nitrogens with zero attached hydrogens (tertiary/aromatic N) is 1. The lowest BCUT2D eigenvalue weighted by Crippen LogP contribution is -2.14. The minimum atomic E-state index is -0.577. The summed E-state index contributed by atoms with van der Waals surface area (Å²) in [6, 6.07) is 16.3. The fourth-order valence-corrected chi connectivity index (χ4v) is 4.19. The molecule has 0 bridgehead atoms. The molecule has 0 radical (unpaired) electrons. The normalized spacial score (nSPS) is 19.9. The Morgan fingerprint density at radius 1 is 0.926 bits per heavy atom. The van der Waals surface area contributed by atoms with Gasteiger partial charge in [0.25, 0.3) is 0 Å². The predicted molar refractivity (Wildman–Crippen MR) is 103 cm³/mol. The van der Waals surface area contributed by atoms with E-state index in [1.807, 2.05) is 6.07 Å². The molecule has 2 aromatic carbocycles. The van der Waals surface area contributed by atoms with E-state index in [-0.39, 0.29) is 0 Å². The molecule has 1 aliphatic rings. The third-order valence-corrected chi connectivity index (χ3v) is 5.78. The Labute approximate surface area is 158 Å². The fraction of sp³-hybridized carbons (Fsp3) is 0.348. The van der Waals surface area contributed by atoms with Crippen molar-refractivity contribution < 1.29 is 8.78 Å². The Balaban J connectivity index is 1.31. The van der Waals surface area contributed by atoms with Gasteiger partial charge in [-0.3, -0.25) is 5.10 Å². The maximum atomic E-state index is 13.9. The molecule has 2 nitrogen and oxygen atoms in total. The molecule has 3 aromatic rings. The number of aromatic amines is 1. The number of hydrogen-bond donors (Lipinski definition) is 1. The number of halogens is 2. The highest BCUT2D eigenvalue weighted by atomic mass is 19.1. The third-order valence-electron chi connectivity index (χ3n) is 5.78. The molecule has 0 saturated heterocycles. The first-order valence-corrected chi connectivity index (χ1v) is 9.73. The SMILES string of the molecule is Fc1ccc(-c2cc(CCC3CCC(c4ccccc4)CC3)[nH]n2)c(F)c1. The average Bonchev–Trinajstić information content (AvgIpc) is 3.16. The Bertz CT molecular complexity index is 880. The molecule has 140 valence electrons. The van der Waals surface area contributed by atoms with Crippen molar-refractivity contribution in [3.05, 3.63) is 77.5 Å². The van der Waals surface area contributed by atoms with Crippen molar-refractivity contribution in [2.24, 2.45) is 5.92 Å². The quantitative estimate of drug-likeness (QED) is 0.567. The van der Waals surface area contributed by atoms with Crippen LogP contribution in [0.5, 0.6) is 0 Å². The van der Waals surface area contributed by atoms with Crippen LogP contribution in [0, 0.1) is 17.6 Å². The molecule has 4 rings (SSSR count). The summed E-state index contributed by atoms with van der Waals surface area (Å²) in [5.41, 5.74) is 3.35. The first-order chi connectivity index (χ1) is 13.2. The maximum absolute atomic E-state index is 13.9. The number of aromatic nitrogens is 2. The zero-order valence-electron chi connectivity index (χ0n) is 15.3. The standard InChI is InChI=1S/C23H24F2N2/c24-19-11-13-21(22(25)14-19)23-15-20(26-27-23)12-8-16-6-9-18(10-7-16)17-4-2-1-3-5-17/h1-5,11,13-16,18H,6-10,12H2,(H,26,27). The van der Waals surface area contributed by atoms with Crippen LogP contribution in [0.1, 0.15) is 49.3 Å². The Kier molecular flexibility index (Phi) is 5.33. The van der Waals surface area contributed by atoms with E-state index in [2.05, 4.69) is 40.5 Å². The van der Waals surface area contributed by atoms with Crippen LogP contribution in [0.15, 0.2) is 54.6 Å². The lowest BCUT2D eigenvalue weighted by Gasteiger charge is -2.28. The molecule has 1 fully saturated rings. The smallest absolute Gasteiger partial charge is 0.135 e. The van der Waals surface area contributed by atoms with E-state index in [1.165, 1.54) is 43.4 Å². The van der Waals surface area contributed by atoms with Crippen molar-refractivity contribution in [3.63, 3.8) is 0 Å². The van der Waals surface area contributed by atoms with Gasteiger partial charge in [0, 0.05) is 17.3 Å². The highest BCUT2D eigenvalue weighted by Crippen LogP contribution is 2.37. The zero-order valence-corrected chi connectivity index (χ0v) is 15.3. The molecule has 27 heavy (non-hydrogen) atoms. The van der Waals surface area contributed by atoms with Gasteiger partial charge in [-0.25, -0.2) is 8.78 Å². The number of H-pyrrole nitrogens is 1. The van der Waals surface area contributed by atoms with Crippen LogP contribution in [0.3, 0.4) is 0 Å². The van der Waals surface area contributed by atoms with E-state index in [1.54, 1.807) is 0 Å². The molecule has 0 amide bonds. The van der Waals surface area contributed by atoms with Gasteiger partial charge in [0.1, 0.15) is 11.6 Å². The van der Waals surface area contributed by atoms with Crippen LogP contribution < -0.4 is 0 Å².